The minimum absolute atomic E-state index is 0.181. The van der Waals surface area contributed by atoms with Crippen molar-refractivity contribution in [3.63, 3.8) is 0 Å². The molecule has 3 rings (SSSR count). The minimum Gasteiger partial charge on any atom is -0.354 e. The lowest BCUT2D eigenvalue weighted by Gasteiger charge is -2.33. The number of anilines is 1. The average molecular weight is 292 g/mol. The van der Waals surface area contributed by atoms with Gasteiger partial charge >= 0.3 is 0 Å². The van der Waals surface area contributed by atoms with Crippen LogP contribution in [-0.4, -0.2) is 33.8 Å². The Morgan fingerprint density at radius 1 is 1.30 bits per heavy atom. The highest BCUT2D eigenvalue weighted by atomic mass is 32.1. The molecule has 1 fully saturated rings. The Kier molecular flexibility index (Phi) is 4.30. The third-order valence-corrected chi connectivity index (χ3v) is 4.62. The lowest BCUT2D eigenvalue weighted by atomic mass is 9.93. The summed E-state index contributed by atoms with van der Waals surface area (Å²) in [4.78, 5) is 14.4. The molecular formula is C14H20N4OS. The smallest absolute Gasteiger partial charge is 0.223 e. The number of nitrogens with one attached hydrogen (secondary N) is 1. The lowest BCUT2D eigenvalue weighted by Crippen LogP contribution is -2.46. The summed E-state index contributed by atoms with van der Waals surface area (Å²) < 4.78 is 8.30. The number of aromatic nitrogens is 2. The molecule has 0 saturated carbocycles. The number of piperidine rings is 1. The molecule has 1 aliphatic heterocycles. The summed E-state index contributed by atoms with van der Waals surface area (Å²) in [7, 11) is 0. The molecule has 0 unspecified atom stereocenters. The number of hydrogen-bond acceptors (Lipinski definition) is 5. The van der Waals surface area contributed by atoms with Gasteiger partial charge in [-0.15, -0.1) is 0 Å². The van der Waals surface area contributed by atoms with Gasteiger partial charge in [-0.05, 0) is 32.1 Å². The van der Waals surface area contributed by atoms with Crippen molar-refractivity contribution in [2.45, 2.75) is 38.1 Å². The molecular weight excluding hydrogens is 272 g/mol. The third-order valence-electron chi connectivity index (χ3n) is 4.15. The van der Waals surface area contributed by atoms with Gasteiger partial charge in [0.1, 0.15) is 0 Å². The Hall–Kier alpha value is -1.43. The molecule has 0 radical (unpaired) electrons. The average Bonchev–Trinajstić information content (AvgIpc) is 3.03. The molecule has 1 aromatic heterocycles. The molecule has 20 heavy (non-hydrogen) atoms. The summed E-state index contributed by atoms with van der Waals surface area (Å²) in [5, 5.41) is 3.22. The molecule has 0 spiro atoms. The van der Waals surface area contributed by atoms with E-state index in [0.717, 1.165) is 51.0 Å². The molecule has 2 heterocycles. The van der Waals surface area contributed by atoms with Crippen molar-refractivity contribution in [2.75, 3.05) is 18.0 Å². The Bertz CT molecular complexity index is 466. The normalized spacial score (nSPS) is 23.8. The van der Waals surface area contributed by atoms with Crippen molar-refractivity contribution in [3.05, 3.63) is 18.3 Å². The quantitative estimate of drug-likeness (QED) is 0.866. The van der Waals surface area contributed by atoms with Crippen molar-refractivity contribution >= 4 is 23.5 Å². The van der Waals surface area contributed by atoms with Gasteiger partial charge in [0.25, 0.3) is 0 Å². The minimum atomic E-state index is 0.181. The van der Waals surface area contributed by atoms with Crippen LogP contribution in [0.15, 0.2) is 18.3 Å². The van der Waals surface area contributed by atoms with Crippen LogP contribution in [0, 0.1) is 5.92 Å². The number of hydrogen-bond donors (Lipinski definition) is 1. The topological polar surface area (TPSA) is 58.1 Å². The SMILES string of the molecule is O=C(NC1CCN(c2cnsn2)CC1)[C@@H]1CC=CCC1. The molecule has 1 aliphatic carbocycles. The van der Waals surface area contributed by atoms with Crippen molar-refractivity contribution in [3.8, 4) is 0 Å². The summed E-state index contributed by atoms with van der Waals surface area (Å²) >= 11 is 1.25. The molecule has 0 aromatic carbocycles. The number of rotatable bonds is 3. The lowest BCUT2D eigenvalue weighted by molar-refractivity contribution is -0.126. The predicted molar refractivity (Wildman–Crippen MR) is 79.8 cm³/mol. The number of carbonyl (C=O) groups is 1. The monoisotopic (exact) mass is 292 g/mol. The van der Waals surface area contributed by atoms with E-state index in [2.05, 4.69) is 31.1 Å². The number of amides is 1. The van der Waals surface area contributed by atoms with Crippen molar-refractivity contribution < 1.29 is 4.79 Å². The molecule has 1 atom stereocenters. The summed E-state index contributed by atoms with van der Waals surface area (Å²) in [5.74, 6) is 1.39. The van der Waals surface area contributed by atoms with Gasteiger partial charge < -0.3 is 10.2 Å². The van der Waals surface area contributed by atoms with Gasteiger partial charge in [0, 0.05) is 25.0 Å². The molecule has 1 aromatic rings. The van der Waals surface area contributed by atoms with Crippen LogP contribution in [-0.2, 0) is 4.79 Å². The molecule has 108 valence electrons. The fourth-order valence-corrected chi connectivity index (χ4v) is 3.34. The Morgan fingerprint density at radius 2 is 2.15 bits per heavy atom. The molecule has 0 bridgehead atoms. The maximum Gasteiger partial charge on any atom is 0.223 e. The zero-order chi connectivity index (χ0) is 13.8. The van der Waals surface area contributed by atoms with E-state index in [1.54, 1.807) is 0 Å². The van der Waals surface area contributed by atoms with Crippen LogP contribution in [0.25, 0.3) is 0 Å². The highest BCUT2D eigenvalue weighted by Crippen LogP contribution is 2.21. The maximum atomic E-state index is 12.2. The standard InChI is InChI=1S/C14H20N4OS/c19-14(11-4-2-1-3-5-11)16-12-6-8-18(9-7-12)13-10-15-20-17-13/h1-2,10-12H,3-9H2,(H,16,19)/t11-/m1/s1. The van der Waals surface area contributed by atoms with Gasteiger partial charge in [0.05, 0.1) is 17.9 Å². The van der Waals surface area contributed by atoms with Crippen LogP contribution < -0.4 is 10.2 Å². The largest absolute Gasteiger partial charge is 0.354 e. The van der Waals surface area contributed by atoms with E-state index in [1.807, 2.05) is 6.20 Å². The van der Waals surface area contributed by atoms with E-state index in [1.165, 1.54) is 11.7 Å². The highest BCUT2D eigenvalue weighted by molar-refractivity contribution is 6.99. The molecule has 5 nitrogen and oxygen atoms in total. The molecule has 1 amide bonds. The van der Waals surface area contributed by atoms with Gasteiger partial charge in [-0.25, -0.2) is 0 Å². The predicted octanol–water partition coefficient (Wildman–Crippen LogP) is 1.98. The Balaban J connectivity index is 1.46. The van der Waals surface area contributed by atoms with Crippen LogP contribution in [0.2, 0.25) is 0 Å². The van der Waals surface area contributed by atoms with Crippen molar-refractivity contribution in [1.29, 1.82) is 0 Å². The van der Waals surface area contributed by atoms with E-state index >= 15 is 0 Å². The van der Waals surface area contributed by atoms with Crippen LogP contribution in [0.1, 0.15) is 32.1 Å². The summed E-state index contributed by atoms with van der Waals surface area (Å²) in [5.41, 5.74) is 0. The zero-order valence-electron chi connectivity index (χ0n) is 11.5. The first-order valence-electron chi connectivity index (χ1n) is 7.31. The van der Waals surface area contributed by atoms with Crippen LogP contribution in [0.4, 0.5) is 5.82 Å². The van der Waals surface area contributed by atoms with Crippen LogP contribution >= 0.6 is 11.7 Å². The van der Waals surface area contributed by atoms with E-state index in [9.17, 15) is 4.79 Å². The second-order valence-corrected chi connectivity index (χ2v) is 6.07. The second-order valence-electron chi connectivity index (χ2n) is 5.52. The Labute approximate surface area is 123 Å². The first-order chi connectivity index (χ1) is 9.83. The molecule has 2 aliphatic rings. The summed E-state index contributed by atoms with van der Waals surface area (Å²) in [6, 6.07) is 0.316. The van der Waals surface area contributed by atoms with E-state index < -0.39 is 0 Å². The van der Waals surface area contributed by atoms with Gasteiger partial charge in [0.15, 0.2) is 5.82 Å². The first kappa shape index (κ1) is 13.5. The van der Waals surface area contributed by atoms with Gasteiger partial charge in [0.2, 0.25) is 5.91 Å². The van der Waals surface area contributed by atoms with Crippen LogP contribution in [0.3, 0.4) is 0 Å². The van der Waals surface area contributed by atoms with Gasteiger partial charge in [-0.1, -0.05) is 12.2 Å². The molecule has 1 saturated heterocycles. The first-order valence-corrected chi connectivity index (χ1v) is 8.04. The molecule has 1 N–H and O–H groups in total. The van der Waals surface area contributed by atoms with Crippen molar-refractivity contribution in [1.82, 2.24) is 14.1 Å². The summed E-state index contributed by atoms with van der Waals surface area (Å²) in [6.45, 7) is 1.89. The fourth-order valence-electron chi connectivity index (χ4n) is 2.90. The van der Waals surface area contributed by atoms with E-state index in [-0.39, 0.29) is 11.8 Å². The third kappa shape index (κ3) is 3.17. The van der Waals surface area contributed by atoms with E-state index in [0.29, 0.717) is 6.04 Å². The highest BCUT2D eigenvalue weighted by Gasteiger charge is 2.25. The zero-order valence-corrected chi connectivity index (χ0v) is 12.3. The van der Waals surface area contributed by atoms with Crippen molar-refractivity contribution in [2.24, 2.45) is 5.92 Å². The van der Waals surface area contributed by atoms with Gasteiger partial charge in [-0.2, -0.15) is 8.75 Å². The van der Waals surface area contributed by atoms with E-state index in [4.69, 9.17) is 0 Å². The maximum absolute atomic E-state index is 12.2. The fraction of sp³-hybridized carbons (Fsp3) is 0.643. The molecule has 6 heteroatoms. The number of carbonyl (C=O) groups excluding carboxylic acids is 1. The van der Waals surface area contributed by atoms with Gasteiger partial charge in [-0.3, -0.25) is 4.79 Å². The number of nitrogens with zero attached hydrogens (tertiary/aromatic N) is 3. The summed E-state index contributed by atoms with van der Waals surface area (Å²) in [6.07, 6.45) is 11.0. The van der Waals surface area contributed by atoms with Crippen LogP contribution in [0.5, 0.6) is 0 Å². The number of allylic oxidation sites excluding steroid dienone is 2. The Morgan fingerprint density at radius 3 is 2.80 bits per heavy atom. The second kappa shape index (κ2) is 6.35.